The lowest BCUT2D eigenvalue weighted by Crippen LogP contribution is -2.42. The Labute approximate surface area is 141 Å². The molecular weight excluding hydrogens is 317 g/mol. The second-order valence-corrected chi connectivity index (χ2v) is 6.02. The van der Waals surface area contributed by atoms with Crippen LogP contribution in [0.15, 0.2) is 30.9 Å². The Balaban J connectivity index is 2.07. The minimum absolute atomic E-state index is 0.0407. The van der Waals surface area contributed by atoms with Crippen LogP contribution in [0.5, 0.6) is 0 Å². The molecule has 0 spiro atoms. The molecule has 23 heavy (non-hydrogen) atoms. The third-order valence-electron chi connectivity index (χ3n) is 4.16. The summed E-state index contributed by atoms with van der Waals surface area (Å²) in [5, 5.41) is 6.16. The first-order chi connectivity index (χ1) is 11.1. The van der Waals surface area contributed by atoms with Crippen LogP contribution in [0.1, 0.15) is 24.9 Å². The third-order valence-corrected chi connectivity index (χ3v) is 4.47. The van der Waals surface area contributed by atoms with Gasteiger partial charge in [0.2, 0.25) is 5.91 Å². The maximum absolute atomic E-state index is 13.8. The Bertz CT molecular complexity index is 567. The molecule has 126 valence electrons. The summed E-state index contributed by atoms with van der Waals surface area (Å²) >= 11 is 5.78. The maximum atomic E-state index is 13.8. The molecule has 0 saturated carbocycles. The molecule has 2 N–H and O–H groups in total. The van der Waals surface area contributed by atoms with Crippen molar-refractivity contribution in [2.75, 3.05) is 26.2 Å². The quantitative estimate of drug-likeness (QED) is 0.750. The minimum Gasteiger partial charge on any atom is -0.352 e. The molecular formula is C17H23ClFN3O. The number of likely N-dealkylation sites (N-methyl/N-ethyl adjacent to an activating group) is 1. The van der Waals surface area contributed by atoms with Gasteiger partial charge in [0.25, 0.3) is 0 Å². The maximum Gasteiger partial charge on any atom is 0.234 e. The molecule has 1 aromatic carbocycles. The summed E-state index contributed by atoms with van der Waals surface area (Å²) < 4.78 is 13.8. The molecule has 1 amide bonds. The largest absolute Gasteiger partial charge is 0.352 e. The van der Waals surface area contributed by atoms with Gasteiger partial charge in [-0.1, -0.05) is 30.7 Å². The van der Waals surface area contributed by atoms with Gasteiger partial charge in [0.1, 0.15) is 5.82 Å². The van der Waals surface area contributed by atoms with Gasteiger partial charge in [-0.05, 0) is 30.7 Å². The van der Waals surface area contributed by atoms with Gasteiger partial charge in [-0.25, -0.2) is 4.39 Å². The molecule has 1 heterocycles. The van der Waals surface area contributed by atoms with Crippen LogP contribution in [0.4, 0.5) is 4.39 Å². The summed E-state index contributed by atoms with van der Waals surface area (Å²) in [6.07, 6.45) is 2.56. The first-order valence-electron chi connectivity index (χ1n) is 7.86. The van der Waals surface area contributed by atoms with Gasteiger partial charge in [0.05, 0.1) is 17.6 Å². The lowest BCUT2D eigenvalue weighted by atomic mass is 10.00. The molecule has 2 rings (SSSR count). The number of hydrogen-bond acceptors (Lipinski definition) is 3. The molecule has 1 fully saturated rings. The van der Waals surface area contributed by atoms with Crippen LogP contribution < -0.4 is 10.6 Å². The van der Waals surface area contributed by atoms with E-state index in [9.17, 15) is 9.18 Å². The number of nitrogens with one attached hydrogen (secondary N) is 2. The van der Waals surface area contributed by atoms with E-state index in [1.54, 1.807) is 12.1 Å². The number of nitrogens with zero attached hydrogens (tertiary/aromatic N) is 1. The summed E-state index contributed by atoms with van der Waals surface area (Å²) in [6, 6.07) is 5.08. The highest BCUT2D eigenvalue weighted by Crippen LogP contribution is 2.33. The van der Waals surface area contributed by atoms with Crippen LogP contribution in [-0.4, -0.2) is 43.0 Å². The van der Waals surface area contributed by atoms with Gasteiger partial charge in [-0.15, -0.1) is 6.58 Å². The monoisotopic (exact) mass is 339 g/mol. The van der Waals surface area contributed by atoms with E-state index in [4.69, 9.17) is 11.6 Å². The minimum atomic E-state index is -0.408. The van der Waals surface area contributed by atoms with Gasteiger partial charge < -0.3 is 10.6 Å². The number of rotatable bonds is 7. The van der Waals surface area contributed by atoms with E-state index >= 15 is 0 Å². The number of likely N-dealkylation sites (tertiary alicyclic amines) is 1. The zero-order chi connectivity index (χ0) is 16.8. The highest BCUT2D eigenvalue weighted by Gasteiger charge is 2.34. The summed E-state index contributed by atoms with van der Waals surface area (Å²) in [5.74, 6) is -0.476. The first-order valence-corrected chi connectivity index (χ1v) is 8.24. The second-order valence-electron chi connectivity index (χ2n) is 5.62. The number of carbonyl (C=O) groups excluding carboxylic acids is 1. The van der Waals surface area contributed by atoms with Crippen molar-refractivity contribution in [2.45, 2.75) is 25.4 Å². The van der Waals surface area contributed by atoms with Crippen LogP contribution in [0.2, 0.25) is 5.02 Å². The summed E-state index contributed by atoms with van der Waals surface area (Å²) in [5.41, 5.74) is 0.884. The van der Waals surface area contributed by atoms with Crippen molar-refractivity contribution in [3.8, 4) is 0 Å². The number of benzene rings is 1. The Morgan fingerprint density at radius 1 is 1.57 bits per heavy atom. The standard InChI is InChI=1S/C17H23ClFN3O/c1-3-8-20-16(23)11-21-15-7-9-22(4-2)17(15)12-5-6-13(18)14(19)10-12/h3,5-6,10,15,17,21H,1,4,7-9,11H2,2H3,(H,20,23)/t15-,17+/m1/s1. The fourth-order valence-corrected chi connectivity index (χ4v) is 3.15. The van der Waals surface area contributed by atoms with E-state index in [1.807, 2.05) is 6.07 Å². The van der Waals surface area contributed by atoms with Gasteiger partial charge >= 0.3 is 0 Å². The van der Waals surface area contributed by atoms with Gasteiger partial charge in [0, 0.05) is 19.1 Å². The highest BCUT2D eigenvalue weighted by atomic mass is 35.5. The van der Waals surface area contributed by atoms with Crippen LogP contribution in [0.3, 0.4) is 0 Å². The molecule has 1 aliphatic rings. The molecule has 0 unspecified atom stereocenters. The van der Waals surface area contributed by atoms with E-state index in [0.29, 0.717) is 6.54 Å². The molecule has 0 bridgehead atoms. The van der Waals surface area contributed by atoms with Crippen LogP contribution in [0.25, 0.3) is 0 Å². The summed E-state index contributed by atoms with van der Waals surface area (Å²) in [4.78, 5) is 14.0. The van der Waals surface area contributed by atoms with E-state index in [2.05, 4.69) is 29.0 Å². The predicted molar refractivity (Wildman–Crippen MR) is 91.0 cm³/mol. The number of carbonyl (C=O) groups is 1. The molecule has 1 aromatic rings. The SMILES string of the molecule is C=CCNC(=O)CN[C@@H]1CCN(CC)[C@H]1c1ccc(Cl)c(F)c1. The fraction of sp³-hybridized carbons (Fsp3) is 0.471. The molecule has 0 aromatic heterocycles. The average Bonchev–Trinajstić information content (AvgIpc) is 2.96. The van der Waals surface area contributed by atoms with Crippen molar-refractivity contribution in [1.29, 1.82) is 0 Å². The fourth-order valence-electron chi connectivity index (χ4n) is 3.04. The predicted octanol–water partition coefficient (Wildman–Crippen LogP) is 2.51. The van der Waals surface area contributed by atoms with Crippen molar-refractivity contribution in [3.05, 3.63) is 47.3 Å². The number of halogens is 2. The van der Waals surface area contributed by atoms with Crippen LogP contribution >= 0.6 is 11.6 Å². The molecule has 2 atom stereocenters. The zero-order valence-corrected chi connectivity index (χ0v) is 14.1. The van der Waals surface area contributed by atoms with Crippen molar-refractivity contribution in [3.63, 3.8) is 0 Å². The van der Waals surface area contributed by atoms with Crippen LogP contribution in [0, 0.1) is 5.82 Å². The first kappa shape index (κ1) is 17.9. The van der Waals surface area contributed by atoms with Crippen molar-refractivity contribution >= 4 is 17.5 Å². The Hall–Kier alpha value is -1.43. The third kappa shape index (κ3) is 4.53. The molecule has 1 aliphatic heterocycles. The van der Waals surface area contributed by atoms with Gasteiger partial charge in [-0.3, -0.25) is 9.69 Å². The van der Waals surface area contributed by atoms with E-state index in [1.165, 1.54) is 6.07 Å². The molecule has 4 nitrogen and oxygen atoms in total. The molecule has 6 heteroatoms. The van der Waals surface area contributed by atoms with E-state index < -0.39 is 5.82 Å². The number of amides is 1. The Morgan fingerprint density at radius 3 is 3.00 bits per heavy atom. The Morgan fingerprint density at radius 2 is 2.35 bits per heavy atom. The van der Waals surface area contributed by atoms with Gasteiger partial charge in [0.15, 0.2) is 0 Å². The van der Waals surface area contributed by atoms with E-state index in [0.717, 1.165) is 25.1 Å². The zero-order valence-electron chi connectivity index (χ0n) is 13.3. The lowest BCUT2D eigenvalue weighted by Gasteiger charge is -2.28. The molecule has 1 saturated heterocycles. The number of hydrogen-bond donors (Lipinski definition) is 2. The van der Waals surface area contributed by atoms with Crippen molar-refractivity contribution in [1.82, 2.24) is 15.5 Å². The Kier molecular flexibility index (Phi) is 6.57. The van der Waals surface area contributed by atoms with Crippen molar-refractivity contribution in [2.24, 2.45) is 0 Å². The average molecular weight is 340 g/mol. The highest BCUT2D eigenvalue weighted by molar-refractivity contribution is 6.30. The smallest absolute Gasteiger partial charge is 0.234 e. The van der Waals surface area contributed by atoms with Crippen molar-refractivity contribution < 1.29 is 9.18 Å². The summed E-state index contributed by atoms with van der Waals surface area (Å²) in [6.45, 7) is 8.13. The van der Waals surface area contributed by atoms with E-state index in [-0.39, 0.29) is 29.6 Å². The topological polar surface area (TPSA) is 44.4 Å². The second kappa shape index (κ2) is 8.43. The molecule has 0 aliphatic carbocycles. The van der Waals surface area contributed by atoms with Gasteiger partial charge in [-0.2, -0.15) is 0 Å². The lowest BCUT2D eigenvalue weighted by molar-refractivity contribution is -0.120. The normalized spacial score (nSPS) is 21.3. The molecule has 0 radical (unpaired) electrons. The summed E-state index contributed by atoms with van der Waals surface area (Å²) in [7, 11) is 0. The van der Waals surface area contributed by atoms with Crippen LogP contribution in [-0.2, 0) is 4.79 Å².